The molecule has 3 rings (SSSR count). The Morgan fingerprint density at radius 2 is 2.00 bits per heavy atom. The summed E-state index contributed by atoms with van der Waals surface area (Å²) in [4.78, 5) is 2.61. The third kappa shape index (κ3) is 3.14. The van der Waals surface area contributed by atoms with E-state index >= 15 is 0 Å². The fourth-order valence-electron chi connectivity index (χ4n) is 4.03. The van der Waals surface area contributed by atoms with Gasteiger partial charge in [0.25, 0.3) is 0 Å². The second-order valence-corrected chi connectivity index (χ2v) is 6.76. The van der Waals surface area contributed by atoms with Crippen molar-refractivity contribution in [1.82, 2.24) is 4.90 Å². The number of phenols is 1. The lowest BCUT2D eigenvalue weighted by Crippen LogP contribution is -2.46. The highest BCUT2D eigenvalue weighted by Crippen LogP contribution is 2.38. The molecule has 0 amide bonds. The van der Waals surface area contributed by atoms with Crippen molar-refractivity contribution in [2.24, 2.45) is 5.92 Å². The number of hydrogen-bond donors (Lipinski definition) is 1. The standard InChI is InChI=1S/C17H24ClNO2/c1-21-16-10-12(9-14(18)17(16)20)11-19-8-4-6-13-5-2-3-7-15(13)19/h9-10,13,15,20H,2-8,11H2,1H3/t13-,15-/m1/s1. The van der Waals surface area contributed by atoms with Crippen molar-refractivity contribution in [1.29, 1.82) is 0 Å². The fraction of sp³-hybridized carbons (Fsp3) is 0.647. The predicted molar refractivity (Wildman–Crippen MR) is 85.1 cm³/mol. The largest absolute Gasteiger partial charge is 0.503 e. The number of fused-ring (bicyclic) bond motifs is 1. The number of halogens is 1. The third-order valence-corrected chi connectivity index (χ3v) is 5.34. The molecule has 1 heterocycles. The molecule has 1 aliphatic carbocycles. The first-order chi connectivity index (χ1) is 10.2. The second kappa shape index (κ2) is 6.45. The molecule has 1 saturated carbocycles. The number of ether oxygens (including phenoxy) is 1. The molecule has 21 heavy (non-hydrogen) atoms. The molecule has 2 fully saturated rings. The molecule has 0 unspecified atom stereocenters. The Hall–Kier alpha value is -0.930. The molecule has 1 aromatic carbocycles. The number of piperidine rings is 1. The van der Waals surface area contributed by atoms with Crippen LogP contribution < -0.4 is 4.74 Å². The summed E-state index contributed by atoms with van der Waals surface area (Å²) in [7, 11) is 1.56. The van der Waals surface area contributed by atoms with Gasteiger partial charge < -0.3 is 9.84 Å². The van der Waals surface area contributed by atoms with Gasteiger partial charge in [0.2, 0.25) is 0 Å². The normalized spacial score (nSPS) is 26.4. The monoisotopic (exact) mass is 309 g/mol. The predicted octanol–water partition coefficient (Wildman–Crippen LogP) is 4.21. The maximum absolute atomic E-state index is 9.84. The zero-order valence-corrected chi connectivity index (χ0v) is 13.4. The Labute approximate surface area is 131 Å². The van der Waals surface area contributed by atoms with Gasteiger partial charge in [0, 0.05) is 12.6 Å². The first kappa shape index (κ1) is 15.0. The minimum absolute atomic E-state index is 0.0390. The average Bonchev–Trinajstić information content (AvgIpc) is 2.51. The summed E-state index contributed by atoms with van der Waals surface area (Å²) in [5.41, 5.74) is 1.13. The van der Waals surface area contributed by atoms with E-state index in [0.29, 0.717) is 10.8 Å². The van der Waals surface area contributed by atoms with Crippen LogP contribution in [0.15, 0.2) is 12.1 Å². The molecule has 116 valence electrons. The van der Waals surface area contributed by atoms with Crippen molar-refractivity contribution in [3.05, 3.63) is 22.7 Å². The SMILES string of the molecule is COc1cc(CN2CCC[C@H]3CCCC[C@H]32)cc(Cl)c1O. The van der Waals surface area contributed by atoms with Gasteiger partial charge in [-0.2, -0.15) is 0 Å². The van der Waals surface area contributed by atoms with Gasteiger partial charge in [0.05, 0.1) is 12.1 Å². The Bertz CT molecular complexity index is 504. The van der Waals surface area contributed by atoms with Gasteiger partial charge in [-0.05, 0) is 55.8 Å². The average molecular weight is 310 g/mol. The van der Waals surface area contributed by atoms with Crippen LogP contribution in [0.2, 0.25) is 5.02 Å². The van der Waals surface area contributed by atoms with Crippen LogP contribution in [0.3, 0.4) is 0 Å². The number of methoxy groups -OCH3 is 1. The number of phenolic OH excluding ortho intramolecular Hbond substituents is 1. The Morgan fingerprint density at radius 3 is 2.81 bits per heavy atom. The number of rotatable bonds is 3. The summed E-state index contributed by atoms with van der Waals surface area (Å²) < 4.78 is 5.21. The van der Waals surface area contributed by atoms with Gasteiger partial charge in [0.1, 0.15) is 0 Å². The van der Waals surface area contributed by atoms with Crippen molar-refractivity contribution in [2.45, 2.75) is 51.1 Å². The highest BCUT2D eigenvalue weighted by Gasteiger charge is 2.33. The van der Waals surface area contributed by atoms with Crippen molar-refractivity contribution in [2.75, 3.05) is 13.7 Å². The van der Waals surface area contributed by atoms with E-state index in [-0.39, 0.29) is 5.75 Å². The summed E-state index contributed by atoms with van der Waals surface area (Å²) in [5.74, 6) is 1.38. The third-order valence-electron chi connectivity index (χ3n) is 5.05. The number of aromatic hydroxyl groups is 1. The van der Waals surface area contributed by atoms with Crippen LogP contribution in [0.5, 0.6) is 11.5 Å². The summed E-state index contributed by atoms with van der Waals surface area (Å²) in [6.45, 7) is 2.07. The lowest BCUT2D eigenvalue weighted by Gasteiger charge is -2.44. The molecule has 1 aliphatic heterocycles. The summed E-state index contributed by atoms with van der Waals surface area (Å²) in [5, 5.41) is 10.2. The first-order valence-electron chi connectivity index (χ1n) is 7.98. The maximum Gasteiger partial charge on any atom is 0.176 e. The molecule has 4 heteroatoms. The second-order valence-electron chi connectivity index (χ2n) is 6.35. The van der Waals surface area contributed by atoms with Gasteiger partial charge in [-0.15, -0.1) is 0 Å². The van der Waals surface area contributed by atoms with E-state index < -0.39 is 0 Å². The number of nitrogens with zero attached hydrogens (tertiary/aromatic N) is 1. The van der Waals surface area contributed by atoms with E-state index in [2.05, 4.69) is 4.90 Å². The Morgan fingerprint density at radius 1 is 1.24 bits per heavy atom. The highest BCUT2D eigenvalue weighted by atomic mass is 35.5. The molecule has 2 aliphatic rings. The molecule has 0 bridgehead atoms. The highest BCUT2D eigenvalue weighted by molar-refractivity contribution is 6.32. The van der Waals surface area contributed by atoms with Crippen molar-refractivity contribution in [3.8, 4) is 11.5 Å². The Kier molecular flexibility index (Phi) is 4.60. The van der Waals surface area contributed by atoms with Crippen molar-refractivity contribution < 1.29 is 9.84 Å². The molecule has 1 saturated heterocycles. The van der Waals surface area contributed by atoms with Crippen molar-refractivity contribution >= 4 is 11.6 Å². The van der Waals surface area contributed by atoms with Gasteiger partial charge in [-0.3, -0.25) is 4.90 Å². The molecule has 0 aromatic heterocycles. The molecule has 0 radical (unpaired) electrons. The number of benzene rings is 1. The topological polar surface area (TPSA) is 32.7 Å². The van der Waals surface area contributed by atoms with Crippen LogP contribution in [0.25, 0.3) is 0 Å². The van der Waals surface area contributed by atoms with Crippen LogP contribution in [-0.2, 0) is 6.54 Å². The molecular weight excluding hydrogens is 286 g/mol. The summed E-state index contributed by atoms with van der Waals surface area (Å²) in [6, 6.07) is 4.51. The van der Waals surface area contributed by atoms with E-state index in [1.807, 2.05) is 12.1 Å². The Balaban J connectivity index is 1.77. The van der Waals surface area contributed by atoms with E-state index in [4.69, 9.17) is 16.3 Å². The van der Waals surface area contributed by atoms with E-state index in [1.165, 1.54) is 45.1 Å². The van der Waals surface area contributed by atoms with E-state index in [1.54, 1.807) is 7.11 Å². The lowest BCUT2D eigenvalue weighted by molar-refractivity contribution is 0.0546. The van der Waals surface area contributed by atoms with Crippen LogP contribution in [0.4, 0.5) is 0 Å². The molecule has 1 N–H and O–H groups in total. The molecule has 0 spiro atoms. The van der Waals surface area contributed by atoms with Crippen LogP contribution in [0.1, 0.15) is 44.1 Å². The van der Waals surface area contributed by atoms with Crippen LogP contribution >= 0.6 is 11.6 Å². The van der Waals surface area contributed by atoms with E-state index in [9.17, 15) is 5.11 Å². The summed E-state index contributed by atoms with van der Waals surface area (Å²) in [6.07, 6.45) is 8.16. The quantitative estimate of drug-likeness (QED) is 0.908. The minimum Gasteiger partial charge on any atom is -0.503 e. The zero-order valence-electron chi connectivity index (χ0n) is 12.6. The number of hydrogen-bond acceptors (Lipinski definition) is 3. The van der Waals surface area contributed by atoms with Gasteiger partial charge in [-0.1, -0.05) is 24.4 Å². The van der Waals surface area contributed by atoms with Crippen LogP contribution in [-0.4, -0.2) is 29.7 Å². The first-order valence-corrected chi connectivity index (χ1v) is 8.36. The molecule has 1 aromatic rings. The van der Waals surface area contributed by atoms with Crippen molar-refractivity contribution in [3.63, 3.8) is 0 Å². The maximum atomic E-state index is 9.84. The molecule has 3 nitrogen and oxygen atoms in total. The number of likely N-dealkylation sites (tertiary alicyclic amines) is 1. The molecular formula is C17H24ClNO2. The smallest absolute Gasteiger partial charge is 0.176 e. The fourth-order valence-corrected chi connectivity index (χ4v) is 4.27. The zero-order chi connectivity index (χ0) is 14.8. The van der Waals surface area contributed by atoms with Crippen LogP contribution in [0, 0.1) is 5.92 Å². The van der Waals surface area contributed by atoms with Gasteiger partial charge in [-0.25, -0.2) is 0 Å². The van der Waals surface area contributed by atoms with Gasteiger partial charge in [0.15, 0.2) is 11.5 Å². The van der Waals surface area contributed by atoms with Gasteiger partial charge >= 0.3 is 0 Å². The lowest BCUT2D eigenvalue weighted by atomic mass is 9.78. The molecule has 2 atom stereocenters. The summed E-state index contributed by atoms with van der Waals surface area (Å²) >= 11 is 6.10. The minimum atomic E-state index is 0.0390. The van der Waals surface area contributed by atoms with E-state index in [0.717, 1.165) is 24.1 Å².